The van der Waals surface area contributed by atoms with Crippen molar-refractivity contribution in [2.75, 3.05) is 19.6 Å². The van der Waals surface area contributed by atoms with E-state index < -0.39 is 5.97 Å². The van der Waals surface area contributed by atoms with Crippen LogP contribution in [0.5, 0.6) is 5.75 Å². The summed E-state index contributed by atoms with van der Waals surface area (Å²) >= 11 is 13.1. The van der Waals surface area contributed by atoms with E-state index in [9.17, 15) is 9.90 Å². The zero-order chi connectivity index (χ0) is 25.4. The zero-order valence-corrected chi connectivity index (χ0v) is 22.1. The monoisotopic (exact) mass is 527 g/mol. The van der Waals surface area contributed by atoms with Crippen molar-refractivity contribution < 1.29 is 14.6 Å². The Labute approximate surface area is 221 Å². The summed E-state index contributed by atoms with van der Waals surface area (Å²) in [7, 11) is 0. The van der Waals surface area contributed by atoms with E-state index in [0.29, 0.717) is 11.7 Å². The van der Waals surface area contributed by atoms with Crippen LogP contribution in [0.2, 0.25) is 5.15 Å². The molecule has 1 saturated heterocycles. The molecule has 1 aromatic heterocycles. The van der Waals surface area contributed by atoms with Gasteiger partial charge in [-0.05, 0) is 90.7 Å². The molecule has 0 bridgehead atoms. The number of aromatic nitrogens is 2. The molecule has 1 aliphatic heterocycles. The van der Waals surface area contributed by atoms with Crippen LogP contribution in [0.3, 0.4) is 0 Å². The number of aliphatic carboxylic acids is 1. The third-order valence-corrected chi connectivity index (χ3v) is 8.08. The van der Waals surface area contributed by atoms with Gasteiger partial charge in [-0.3, -0.25) is 14.8 Å². The van der Waals surface area contributed by atoms with Crippen LogP contribution in [-0.2, 0) is 11.2 Å². The number of aryl methyl sites for hydroxylation is 1. The fourth-order valence-corrected chi connectivity index (χ4v) is 5.91. The molecule has 36 heavy (non-hydrogen) atoms. The largest absolute Gasteiger partial charge is 0.485 e. The standard InChI is InChI=1S/C28H31Cl2N3O3/c1-16(2)26(18-7-10-24-23(13-18)27(30)32-31-24)36-21-8-9-22-17(12-21)5-6-19(25(22)29)14-33-11-3-4-20(15-33)28(34)35/h7-10,12-13,16,20,26H,3-6,11,14-15H2,1-2H3,(H,31,32)(H,34,35)/t20?,26-/m1/s1. The Morgan fingerprint density at radius 2 is 2.06 bits per heavy atom. The molecule has 3 aromatic rings. The number of ether oxygens (including phenoxy) is 1. The van der Waals surface area contributed by atoms with Crippen LogP contribution < -0.4 is 4.74 Å². The molecule has 1 unspecified atom stereocenters. The molecule has 6 nitrogen and oxygen atoms in total. The first-order chi connectivity index (χ1) is 17.3. The molecule has 1 aliphatic carbocycles. The Hall–Kier alpha value is -2.54. The third kappa shape index (κ3) is 5.13. The minimum atomic E-state index is -0.700. The van der Waals surface area contributed by atoms with E-state index in [1.807, 2.05) is 24.3 Å². The predicted octanol–water partition coefficient (Wildman–Crippen LogP) is 6.69. The number of aromatic amines is 1. The highest BCUT2D eigenvalue weighted by Crippen LogP contribution is 2.38. The molecule has 2 heterocycles. The van der Waals surface area contributed by atoms with Crippen LogP contribution in [-0.4, -0.2) is 45.8 Å². The molecule has 2 aliphatic rings. The van der Waals surface area contributed by atoms with Crippen LogP contribution in [0.1, 0.15) is 55.9 Å². The number of likely N-dealkylation sites (tertiary alicyclic amines) is 1. The first-order valence-electron chi connectivity index (χ1n) is 12.6. The normalized spacial score (nSPS) is 19.5. The lowest BCUT2D eigenvalue weighted by molar-refractivity contribution is -0.143. The van der Waals surface area contributed by atoms with Gasteiger partial charge >= 0.3 is 5.97 Å². The second-order valence-corrected chi connectivity index (χ2v) is 11.0. The van der Waals surface area contributed by atoms with Crippen molar-refractivity contribution in [1.82, 2.24) is 15.1 Å². The SMILES string of the molecule is CC(C)[C@@H](Oc1ccc2c(c1)CCC(CN1CCCC(C(=O)O)C1)=C2Cl)c1ccc2n[nH]c(Cl)c2c1. The number of carboxylic acids is 1. The van der Waals surface area contributed by atoms with Crippen molar-refractivity contribution in [3.63, 3.8) is 0 Å². The van der Waals surface area contributed by atoms with Gasteiger partial charge < -0.3 is 9.84 Å². The Bertz CT molecular complexity index is 1320. The van der Waals surface area contributed by atoms with Gasteiger partial charge in [-0.25, -0.2) is 0 Å². The van der Waals surface area contributed by atoms with E-state index in [4.69, 9.17) is 27.9 Å². The topological polar surface area (TPSA) is 78.4 Å². The average Bonchev–Trinajstić information content (AvgIpc) is 3.24. The third-order valence-electron chi connectivity index (χ3n) is 7.32. The second-order valence-electron chi connectivity index (χ2n) is 10.2. The number of nitrogens with one attached hydrogen (secondary N) is 1. The van der Waals surface area contributed by atoms with E-state index in [0.717, 1.165) is 71.6 Å². The minimum Gasteiger partial charge on any atom is -0.485 e. The number of H-pyrrole nitrogens is 1. The fourth-order valence-electron chi connectivity index (χ4n) is 5.38. The number of fused-ring (bicyclic) bond motifs is 2. The summed E-state index contributed by atoms with van der Waals surface area (Å²) in [6.45, 7) is 6.53. The van der Waals surface area contributed by atoms with E-state index in [1.54, 1.807) is 0 Å². The van der Waals surface area contributed by atoms with Gasteiger partial charge in [0.1, 0.15) is 17.0 Å². The van der Waals surface area contributed by atoms with Gasteiger partial charge in [0.25, 0.3) is 0 Å². The summed E-state index contributed by atoms with van der Waals surface area (Å²) in [6.07, 6.45) is 3.29. The Balaban J connectivity index is 1.34. The van der Waals surface area contributed by atoms with Crippen molar-refractivity contribution in [2.24, 2.45) is 11.8 Å². The number of hydrogen-bond acceptors (Lipinski definition) is 4. The summed E-state index contributed by atoms with van der Waals surface area (Å²) in [4.78, 5) is 13.7. The molecular weight excluding hydrogens is 497 g/mol. The number of carbonyl (C=O) groups is 1. The van der Waals surface area contributed by atoms with Crippen LogP contribution in [0, 0.1) is 11.8 Å². The molecule has 8 heteroatoms. The number of carboxylic acid groups (broad SMARTS) is 1. The molecule has 2 atom stereocenters. The van der Waals surface area contributed by atoms with E-state index >= 15 is 0 Å². The van der Waals surface area contributed by atoms with Gasteiger partial charge in [0, 0.05) is 23.5 Å². The summed E-state index contributed by atoms with van der Waals surface area (Å²) in [5, 5.41) is 18.7. The number of rotatable bonds is 7. The van der Waals surface area contributed by atoms with Gasteiger partial charge in [-0.1, -0.05) is 43.1 Å². The Kier molecular flexibility index (Phi) is 7.29. The highest BCUT2D eigenvalue weighted by Gasteiger charge is 2.28. The first-order valence-corrected chi connectivity index (χ1v) is 13.3. The maximum absolute atomic E-state index is 11.4. The summed E-state index contributed by atoms with van der Waals surface area (Å²) in [5.41, 5.74) is 5.30. The molecular formula is C28H31Cl2N3O3. The number of hydrogen-bond donors (Lipinski definition) is 2. The molecule has 5 rings (SSSR count). The summed E-state index contributed by atoms with van der Waals surface area (Å²) < 4.78 is 6.51. The molecule has 0 radical (unpaired) electrons. The van der Waals surface area contributed by atoms with Gasteiger partial charge in [-0.15, -0.1) is 0 Å². The fraction of sp³-hybridized carbons (Fsp3) is 0.429. The van der Waals surface area contributed by atoms with Gasteiger partial charge in [-0.2, -0.15) is 5.10 Å². The van der Waals surface area contributed by atoms with Crippen molar-refractivity contribution in [3.05, 3.63) is 63.8 Å². The van der Waals surface area contributed by atoms with E-state index in [1.165, 1.54) is 11.1 Å². The lowest BCUT2D eigenvalue weighted by Gasteiger charge is -2.32. The van der Waals surface area contributed by atoms with Crippen molar-refractivity contribution in [1.29, 1.82) is 0 Å². The second kappa shape index (κ2) is 10.4. The number of halogens is 2. The smallest absolute Gasteiger partial charge is 0.307 e. The van der Waals surface area contributed by atoms with E-state index in [-0.39, 0.29) is 17.9 Å². The maximum Gasteiger partial charge on any atom is 0.307 e. The molecule has 2 aromatic carbocycles. The van der Waals surface area contributed by atoms with Crippen molar-refractivity contribution in [3.8, 4) is 5.75 Å². The first kappa shape index (κ1) is 25.1. The molecule has 0 amide bonds. The molecule has 0 spiro atoms. The lowest BCUT2D eigenvalue weighted by atomic mass is 9.90. The Morgan fingerprint density at radius 1 is 1.22 bits per heavy atom. The number of nitrogens with zero attached hydrogens (tertiary/aromatic N) is 2. The van der Waals surface area contributed by atoms with Crippen LogP contribution in [0.25, 0.3) is 15.9 Å². The number of benzene rings is 2. The average molecular weight is 528 g/mol. The lowest BCUT2D eigenvalue weighted by Crippen LogP contribution is -2.39. The number of piperidine rings is 1. The molecule has 2 N–H and O–H groups in total. The molecule has 1 fully saturated rings. The van der Waals surface area contributed by atoms with E-state index in [2.05, 4.69) is 41.1 Å². The summed E-state index contributed by atoms with van der Waals surface area (Å²) in [5.74, 6) is 0.0825. The van der Waals surface area contributed by atoms with Crippen LogP contribution in [0.15, 0.2) is 42.0 Å². The van der Waals surface area contributed by atoms with Gasteiger partial charge in [0.05, 0.1) is 11.4 Å². The van der Waals surface area contributed by atoms with Gasteiger partial charge in [0.2, 0.25) is 0 Å². The van der Waals surface area contributed by atoms with Crippen LogP contribution >= 0.6 is 23.2 Å². The Morgan fingerprint density at radius 3 is 2.83 bits per heavy atom. The molecule has 190 valence electrons. The minimum absolute atomic E-state index is 0.134. The summed E-state index contributed by atoms with van der Waals surface area (Å²) in [6, 6.07) is 12.2. The van der Waals surface area contributed by atoms with Crippen molar-refractivity contribution >= 4 is 45.1 Å². The van der Waals surface area contributed by atoms with Gasteiger partial charge in [0.15, 0.2) is 0 Å². The highest BCUT2D eigenvalue weighted by molar-refractivity contribution is 6.49. The van der Waals surface area contributed by atoms with Crippen molar-refractivity contribution in [2.45, 2.75) is 45.6 Å². The van der Waals surface area contributed by atoms with Crippen LogP contribution in [0.4, 0.5) is 0 Å². The maximum atomic E-state index is 11.4. The highest BCUT2D eigenvalue weighted by atomic mass is 35.5. The predicted molar refractivity (Wildman–Crippen MR) is 144 cm³/mol. The zero-order valence-electron chi connectivity index (χ0n) is 20.6. The quantitative estimate of drug-likeness (QED) is 0.358. The molecule has 0 saturated carbocycles.